The minimum Gasteiger partial charge on any atom is -0.508 e. The molecule has 0 bridgehead atoms. The summed E-state index contributed by atoms with van der Waals surface area (Å²) in [6, 6.07) is 4.46. The Bertz CT molecular complexity index is 1230. The Labute approximate surface area is 205 Å². The molecule has 2 aromatic rings. The summed E-state index contributed by atoms with van der Waals surface area (Å²) in [7, 11) is 0. The summed E-state index contributed by atoms with van der Waals surface area (Å²) in [5.74, 6) is -3.79. The molecule has 4 rings (SSSR count). The van der Waals surface area contributed by atoms with Crippen molar-refractivity contribution < 1.29 is 39.6 Å². The van der Waals surface area contributed by atoms with Gasteiger partial charge in [0.2, 0.25) is 5.16 Å². The van der Waals surface area contributed by atoms with E-state index >= 15 is 0 Å². The molecule has 184 valence electrons. The van der Waals surface area contributed by atoms with Gasteiger partial charge in [0.15, 0.2) is 6.10 Å². The minimum atomic E-state index is -1.63. The zero-order valence-electron chi connectivity index (χ0n) is 17.6. The molecule has 1 aromatic heterocycles. The Morgan fingerprint density at radius 3 is 2.74 bits per heavy atom. The molecule has 0 radical (unpaired) electrons. The number of nitrogens with zero attached hydrogens (tertiary/aromatic N) is 5. The number of nitrogens with one attached hydrogen (secondary N) is 1. The number of carboxylic acid groups (broad SMARTS) is 2. The van der Waals surface area contributed by atoms with Crippen LogP contribution in [0, 0.1) is 0 Å². The summed E-state index contributed by atoms with van der Waals surface area (Å²) in [4.78, 5) is 49.2. The van der Waals surface area contributed by atoms with E-state index in [1.165, 1.54) is 36.0 Å². The highest BCUT2D eigenvalue weighted by atomic mass is 32.2. The monoisotopic (exact) mass is 522 g/mol. The Morgan fingerprint density at radius 2 is 2.06 bits per heavy atom. The van der Waals surface area contributed by atoms with Crippen LogP contribution in [0.3, 0.4) is 0 Å². The number of β-lactam (4-membered cyclic amide) rings is 1. The lowest BCUT2D eigenvalue weighted by Gasteiger charge is -2.49. The third kappa shape index (κ3) is 4.94. The van der Waals surface area contributed by atoms with Crippen molar-refractivity contribution >= 4 is 47.3 Å². The number of fused-ring (bicyclic) bond motifs is 1. The van der Waals surface area contributed by atoms with Gasteiger partial charge in [0.1, 0.15) is 29.4 Å². The highest BCUT2D eigenvalue weighted by Crippen LogP contribution is 2.41. The van der Waals surface area contributed by atoms with Gasteiger partial charge in [-0.1, -0.05) is 23.9 Å². The van der Waals surface area contributed by atoms with Gasteiger partial charge in [-0.05, 0) is 33.7 Å². The maximum absolute atomic E-state index is 12.8. The molecule has 5 N–H and O–H groups in total. The topological polar surface area (TPSA) is 208 Å². The number of benzene rings is 1. The van der Waals surface area contributed by atoms with Crippen LogP contribution in [0.1, 0.15) is 11.7 Å². The number of phenolic OH excluding ortho intramolecular Hbond substituents is 1. The van der Waals surface area contributed by atoms with Gasteiger partial charge in [-0.25, -0.2) is 9.48 Å². The van der Waals surface area contributed by atoms with Gasteiger partial charge in [-0.2, -0.15) is 0 Å². The Kier molecular flexibility index (Phi) is 6.95. The van der Waals surface area contributed by atoms with Crippen molar-refractivity contribution in [2.45, 2.75) is 29.2 Å². The second kappa shape index (κ2) is 9.93. The molecular weight excluding hydrogens is 504 g/mol. The number of aromatic nitrogens is 4. The quantitative estimate of drug-likeness (QED) is 0.199. The lowest BCUT2D eigenvalue weighted by atomic mass is 10.0. The Hall–Kier alpha value is -3.63. The van der Waals surface area contributed by atoms with Crippen LogP contribution >= 0.6 is 23.5 Å². The number of carbonyl (C=O) groups is 4. The molecule has 1 aromatic carbocycles. The predicted molar refractivity (Wildman–Crippen MR) is 119 cm³/mol. The fraction of sp³-hybridized carbons (Fsp3) is 0.316. The molecule has 14 nitrogen and oxygen atoms in total. The largest absolute Gasteiger partial charge is 0.508 e. The predicted octanol–water partition coefficient (Wildman–Crippen LogP) is -0.972. The van der Waals surface area contributed by atoms with E-state index in [0.29, 0.717) is 5.57 Å². The van der Waals surface area contributed by atoms with Crippen LogP contribution in [-0.2, 0) is 25.7 Å². The van der Waals surface area contributed by atoms with E-state index in [1.807, 2.05) is 0 Å². The standard InChI is InChI=1S/C19H18N6O8S2/c26-10-3-1-2-8(4-10)14(29)15(30)20-12-16(31)25-13(18(32)33)9(6-34-17(12)25)7-35-19-21-22-23-24(19)5-11(27)28/h1-4,12,14,17,26,29H,5-7H2,(H,20,30)(H,27,28)(H,32,33)/t12?,14-,17-/m1/s1. The molecule has 1 saturated heterocycles. The number of hydrogen-bond acceptors (Lipinski definition) is 11. The van der Waals surface area contributed by atoms with Crippen LogP contribution < -0.4 is 5.32 Å². The average Bonchev–Trinajstić information content (AvgIpc) is 3.25. The molecule has 2 aliphatic heterocycles. The molecule has 0 aliphatic carbocycles. The molecule has 1 fully saturated rings. The molecule has 16 heteroatoms. The smallest absolute Gasteiger partial charge is 0.352 e. The molecule has 3 heterocycles. The highest BCUT2D eigenvalue weighted by molar-refractivity contribution is 8.01. The van der Waals surface area contributed by atoms with E-state index in [-0.39, 0.29) is 33.7 Å². The fourth-order valence-corrected chi connectivity index (χ4v) is 5.91. The number of phenols is 1. The minimum absolute atomic E-state index is 0.0956. The van der Waals surface area contributed by atoms with E-state index in [0.717, 1.165) is 21.3 Å². The summed E-state index contributed by atoms with van der Waals surface area (Å²) >= 11 is 2.27. The molecular formula is C19H18N6O8S2. The SMILES string of the molecule is O=C(O)Cn1nnnc1SCC1=C(C(=O)O)N2C(=O)C(NC(=O)[C@H](O)c3cccc(O)c3)[C@H]2SC1. The van der Waals surface area contributed by atoms with Crippen LogP contribution in [0.25, 0.3) is 0 Å². The summed E-state index contributed by atoms with van der Waals surface area (Å²) < 4.78 is 1.06. The number of thioether (sulfide) groups is 2. The number of aliphatic carboxylic acids is 2. The molecule has 2 aliphatic rings. The third-order valence-corrected chi connectivity index (χ3v) is 7.52. The number of tetrazole rings is 1. The Balaban J connectivity index is 1.45. The number of aliphatic hydroxyl groups is 1. The maximum Gasteiger partial charge on any atom is 0.352 e. The zero-order valence-corrected chi connectivity index (χ0v) is 19.3. The number of carboxylic acids is 2. The molecule has 0 saturated carbocycles. The summed E-state index contributed by atoms with van der Waals surface area (Å²) in [6.07, 6.45) is -1.63. The van der Waals surface area contributed by atoms with Crippen molar-refractivity contribution in [1.29, 1.82) is 0 Å². The molecule has 1 unspecified atom stereocenters. The van der Waals surface area contributed by atoms with Crippen LogP contribution in [0.15, 0.2) is 40.7 Å². The number of carbonyl (C=O) groups excluding carboxylic acids is 2. The van der Waals surface area contributed by atoms with Gasteiger partial charge in [0.25, 0.3) is 11.8 Å². The number of rotatable bonds is 9. The lowest BCUT2D eigenvalue weighted by molar-refractivity contribution is -0.151. The first-order valence-electron chi connectivity index (χ1n) is 9.95. The summed E-state index contributed by atoms with van der Waals surface area (Å²) in [5, 5.41) is 51.2. The van der Waals surface area contributed by atoms with Gasteiger partial charge >= 0.3 is 11.9 Å². The van der Waals surface area contributed by atoms with Crippen molar-refractivity contribution in [3.8, 4) is 5.75 Å². The first-order chi connectivity index (χ1) is 16.7. The van der Waals surface area contributed by atoms with Crippen LogP contribution in [0.2, 0.25) is 0 Å². The molecule has 3 atom stereocenters. The summed E-state index contributed by atoms with van der Waals surface area (Å²) in [5.41, 5.74) is 0.326. The Morgan fingerprint density at radius 1 is 1.29 bits per heavy atom. The second-order valence-electron chi connectivity index (χ2n) is 7.45. The first kappa shape index (κ1) is 24.5. The second-order valence-corrected chi connectivity index (χ2v) is 9.50. The van der Waals surface area contributed by atoms with E-state index in [1.54, 1.807) is 0 Å². The van der Waals surface area contributed by atoms with E-state index in [4.69, 9.17) is 5.11 Å². The molecule has 0 spiro atoms. The number of aliphatic hydroxyl groups excluding tert-OH is 1. The van der Waals surface area contributed by atoms with Gasteiger partial charge in [-0.15, -0.1) is 16.9 Å². The number of aromatic hydroxyl groups is 1. The van der Waals surface area contributed by atoms with Crippen molar-refractivity contribution in [2.24, 2.45) is 0 Å². The van der Waals surface area contributed by atoms with Crippen LogP contribution in [0.4, 0.5) is 0 Å². The van der Waals surface area contributed by atoms with E-state index < -0.39 is 47.8 Å². The first-order valence-corrected chi connectivity index (χ1v) is 12.0. The van der Waals surface area contributed by atoms with Crippen molar-refractivity contribution in [1.82, 2.24) is 30.4 Å². The van der Waals surface area contributed by atoms with Crippen molar-refractivity contribution in [3.05, 3.63) is 41.1 Å². The van der Waals surface area contributed by atoms with E-state index in [9.17, 15) is 34.5 Å². The van der Waals surface area contributed by atoms with Gasteiger partial charge in [0.05, 0.1) is 0 Å². The fourth-order valence-electron chi connectivity index (χ4n) is 3.55. The van der Waals surface area contributed by atoms with Gasteiger partial charge < -0.3 is 25.7 Å². The van der Waals surface area contributed by atoms with E-state index in [2.05, 4.69) is 20.8 Å². The van der Waals surface area contributed by atoms with Gasteiger partial charge in [-0.3, -0.25) is 19.3 Å². The average molecular weight is 523 g/mol. The number of hydrogen-bond donors (Lipinski definition) is 5. The lowest BCUT2D eigenvalue weighted by Crippen LogP contribution is -2.70. The van der Waals surface area contributed by atoms with Crippen LogP contribution in [0.5, 0.6) is 5.75 Å². The van der Waals surface area contributed by atoms with Crippen molar-refractivity contribution in [3.63, 3.8) is 0 Å². The molecule has 35 heavy (non-hydrogen) atoms. The normalized spacial score (nSPS) is 20.1. The van der Waals surface area contributed by atoms with Gasteiger partial charge in [0, 0.05) is 11.5 Å². The summed E-state index contributed by atoms with van der Waals surface area (Å²) in [6.45, 7) is -0.461. The molecule has 2 amide bonds. The third-order valence-electron chi connectivity index (χ3n) is 5.14. The highest BCUT2D eigenvalue weighted by Gasteiger charge is 2.54. The van der Waals surface area contributed by atoms with Crippen molar-refractivity contribution in [2.75, 3.05) is 11.5 Å². The number of amides is 2. The maximum atomic E-state index is 12.8. The van der Waals surface area contributed by atoms with Crippen LogP contribution in [-0.4, -0.2) is 92.2 Å². The zero-order chi connectivity index (χ0) is 25.3.